The molecule has 2 aliphatic rings. The van der Waals surface area contributed by atoms with E-state index in [4.69, 9.17) is 34.1 Å². The average molecular weight is 544 g/mol. The number of ether oxygens (including phenoxy) is 1. The van der Waals surface area contributed by atoms with E-state index in [0.717, 1.165) is 30.1 Å². The van der Waals surface area contributed by atoms with Gasteiger partial charge >= 0.3 is 0 Å². The van der Waals surface area contributed by atoms with E-state index in [9.17, 15) is 0 Å². The minimum absolute atomic E-state index is 0.291. The van der Waals surface area contributed by atoms with Gasteiger partial charge in [-0.15, -0.1) is 0 Å². The van der Waals surface area contributed by atoms with Gasteiger partial charge in [-0.1, -0.05) is 67.5 Å². The van der Waals surface area contributed by atoms with E-state index in [1.54, 1.807) is 7.11 Å². The van der Waals surface area contributed by atoms with Crippen LogP contribution in [0, 0.1) is 0 Å². The first-order valence-corrected chi connectivity index (χ1v) is 13.1. The van der Waals surface area contributed by atoms with Crippen LogP contribution in [0.15, 0.2) is 0 Å². The van der Waals surface area contributed by atoms with E-state index in [2.05, 4.69) is 22.6 Å². The molecule has 1 saturated heterocycles. The van der Waals surface area contributed by atoms with Crippen molar-refractivity contribution in [1.29, 1.82) is 0 Å². The Morgan fingerprint density at radius 1 is 0.667 bits per heavy atom. The molecule has 0 bridgehead atoms. The zero-order valence-electron chi connectivity index (χ0n) is 19.0. The molecule has 0 radical (unpaired) electrons. The first-order chi connectivity index (χ1) is 14.4. The van der Waals surface area contributed by atoms with Crippen molar-refractivity contribution in [1.82, 2.24) is 0 Å². The molecule has 2 unspecified atom stereocenters. The standard InChI is InChI=1S/C22H41IO7/c1-20(19-23)15-17-25-29-22(30-26-18-16-21(2,24-3)28-27-20)13-11-9-7-5-4-6-8-10-12-14-22/h4-19H2,1-3H3. The predicted molar refractivity (Wildman–Crippen MR) is 122 cm³/mol. The lowest BCUT2D eigenvalue weighted by molar-refractivity contribution is -0.516. The fourth-order valence-electron chi connectivity index (χ4n) is 3.61. The average Bonchev–Trinajstić information content (AvgIpc) is 2.76. The predicted octanol–water partition coefficient (Wildman–Crippen LogP) is 6.18. The summed E-state index contributed by atoms with van der Waals surface area (Å²) in [7, 11) is 1.60. The van der Waals surface area contributed by atoms with Crippen molar-refractivity contribution in [2.24, 2.45) is 0 Å². The molecule has 1 spiro atoms. The molecule has 2 fully saturated rings. The Labute approximate surface area is 195 Å². The maximum absolute atomic E-state index is 5.93. The number of rotatable bonds is 2. The number of hydrogen-bond donors (Lipinski definition) is 0. The van der Waals surface area contributed by atoms with Crippen LogP contribution in [0.5, 0.6) is 0 Å². The Kier molecular flexibility index (Phi) is 12.3. The molecular formula is C22H41IO7. The number of hydrogen-bond acceptors (Lipinski definition) is 7. The third kappa shape index (κ3) is 9.52. The molecule has 0 aromatic rings. The van der Waals surface area contributed by atoms with Crippen molar-refractivity contribution in [2.75, 3.05) is 24.8 Å². The maximum Gasteiger partial charge on any atom is 0.233 e. The van der Waals surface area contributed by atoms with Crippen LogP contribution in [0.25, 0.3) is 0 Å². The van der Waals surface area contributed by atoms with Crippen molar-refractivity contribution in [3.05, 3.63) is 0 Å². The highest BCUT2D eigenvalue weighted by atomic mass is 127. The Morgan fingerprint density at radius 3 is 1.67 bits per heavy atom. The van der Waals surface area contributed by atoms with Gasteiger partial charge in [-0.3, -0.25) is 0 Å². The molecule has 0 aromatic carbocycles. The van der Waals surface area contributed by atoms with E-state index in [0.29, 0.717) is 26.1 Å². The van der Waals surface area contributed by atoms with Gasteiger partial charge in [0.2, 0.25) is 11.6 Å². The van der Waals surface area contributed by atoms with Crippen molar-refractivity contribution in [3.63, 3.8) is 0 Å². The zero-order chi connectivity index (χ0) is 21.8. The molecule has 1 heterocycles. The van der Waals surface area contributed by atoms with Crippen LogP contribution in [-0.2, 0) is 34.1 Å². The first kappa shape index (κ1) is 26.7. The monoisotopic (exact) mass is 544 g/mol. The van der Waals surface area contributed by atoms with E-state index in [1.807, 2.05) is 13.8 Å². The molecule has 1 aliphatic heterocycles. The summed E-state index contributed by atoms with van der Waals surface area (Å²) in [5.74, 6) is -1.80. The van der Waals surface area contributed by atoms with Gasteiger partial charge in [0.1, 0.15) is 5.60 Å². The van der Waals surface area contributed by atoms with Gasteiger partial charge in [-0.25, -0.2) is 19.6 Å². The van der Waals surface area contributed by atoms with Crippen LogP contribution in [0.1, 0.15) is 97.3 Å². The second-order valence-electron chi connectivity index (χ2n) is 8.99. The molecule has 2 atom stereocenters. The van der Waals surface area contributed by atoms with Crippen LogP contribution in [0.3, 0.4) is 0 Å². The second-order valence-corrected chi connectivity index (χ2v) is 9.75. The molecule has 0 N–H and O–H groups in total. The van der Waals surface area contributed by atoms with Crippen LogP contribution in [-0.4, -0.2) is 41.9 Å². The summed E-state index contributed by atoms with van der Waals surface area (Å²) in [5.41, 5.74) is -0.515. The lowest BCUT2D eigenvalue weighted by atomic mass is 9.97. The Balaban J connectivity index is 2.08. The highest BCUT2D eigenvalue weighted by molar-refractivity contribution is 14.1. The van der Waals surface area contributed by atoms with Gasteiger partial charge in [0.05, 0.1) is 13.2 Å². The van der Waals surface area contributed by atoms with Gasteiger partial charge in [-0.2, -0.15) is 9.78 Å². The normalized spacial score (nSPS) is 34.0. The molecule has 30 heavy (non-hydrogen) atoms. The second kappa shape index (κ2) is 13.9. The number of halogens is 1. The lowest BCUT2D eigenvalue weighted by Gasteiger charge is -2.32. The number of methoxy groups -OCH3 is 1. The highest BCUT2D eigenvalue weighted by Crippen LogP contribution is 2.32. The first-order valence-electron chi connectivity index (χ1n) is 11.5. The van der Waals surface area contributed by atoms with Gasteiger partial charge < -0.3 is 4.74 Å². The van der Waals surface area contributed by atoms with E-state index < -0.39 is 17.2 Å². The molecule has 0 aromatic heterocycles. The molecule has 0 amide bonds. The smallest absolute Gasteiger partial charge is 0.233 e. The minimum Gasteiger partial charge on any atom is -0.351 e. The number of alkyl halides is 1. The highest BCUT2D eigenvalue weighted by Gasteiger charge is 2.38. The maximum atomic E-state index is 5.93. The van der Waals surface area contributed by atoms with Gasteiger partial charge in [0, 0.05) is 37.2 Å². The molecule has 2 rings (SSSR count). The SMILES string of the molecule is COC1(C)CCOOC2(CCCCCCCCCCC2)OOCCC(C)(CI)OO1. The summed E-state index contributed by atoms with van der Waals surface area (Å²) >= 11 is 2.29. The Morgan fingerprint density at radius 2 is 1.17 bits per heavy atom. The summed E-state index contributed by atoms with van der Waals surface area (Å²) in [5, 5.41) is 0. The van der Waals surface area contributed by atoms with Crippen LogP contribution >= 0.6 is 22.6 Å². The Bertz CT molecular complexity index is 427. The summed E-state index contributed by atoms with van der Waals surface area (Å²) in [6.45, 7) is 4.50. The topological polar surface area (TPSA) is 64.6 Å². The van der Waals surface area contributed by atoms with Crippen molar-refractivity contribution < 1.29 is 34.1 Å². The van der Waals surface area contributed by atoms with Gasteiger partial charge in [0.25, 0.3) is 0 Å². The summed E-state index contributed by atoms with van der Waals surface area (Å²) in [4.78, 5) is 34.5. The summed E-state index contributed by atoms with van der Waals surface area (Å²) < 4.78 is 6.28. The van der Waals surface area contributed by atoms with Crippen molar-refractivity contribution in [2.45, 2.75) is 114 Å². The molecular weight excluding hydrogens is 503 g/mol. The lowest BCUT2D eigenvalue weighted by Crippen LogP contribution is -2.40. The van der Waals surface area contributed by atoms with Crippen LogP contribution < -0.4 is 0 Å². The van der Waals surface area contributed by atoms with Gasteiger partial charge in [-0.05, 0) is 26.7 Å². The molecule has 8 heteroatoms. The largest absolute Gasteiger partial charge is 0.351 e. The quantitative estimate of drug-likeness (QED) is 0.234. The molecule has 1 aliphatic carbocycles. The van der Waals surface area contributed by atoms with Crippen LogP contribution in [0.2, 0.25) is 0 Å². The fourth-order valence-corrected chi connectivity index (χ4v) is 4.12. The fraction of sp³-hybridized carbons (Fsp3) is 1.00. The van der Waals surface area contributed by atoms with Crippen molar-refractivity contribution in [3.8, 4) is 0 Å². The van der Waals surface area contributed by atoms with E-state index in [-0.39, 0.29) is 0 Å². The van der Waals surface area contributed by atoms with Crippen LogP contribution in [0.4, 0.5) is 0 Å². The molecule has 7 nitrogen and oxygen atoms in total. The van der Waals surface area contributed by atoms with E-state index >= 15 is 0 Å². The van der Waals surface area contributed by atoms with E-state index in [1.165, 1.54) is 44.9 Å². The molecule has 1 saturated carbocycles. The summed E-state index contributed by atoms with van der Waals surface area (Å²) in [6, 6.07) is 0. The Hall–Kier alpha value is 0.450. The third-order valence-electron chi connectivity index (χ3n) is 6.02. The van der Waals surface area contributed by atoms with Crippen molar-refractivity contribution >= 4 is 22.6 Å². The molecule has 178 valence electrons. The summed E-state index contributed by atoms with van der Waals surface area (Å²) in [6.07, 6.45) is 13.5. The van der Waals surface area contributed by atoms with Gasteiger partial charge in [0.15, 0.2) is 0 Å². The minimum atomic E-state index is -0.925. The third-order valence-corrected chi connectivity index (χ3v) is 7.64. The zero-order valence-corrected chi connectivity index (χ0v) is 21.2.